The fourth-order valence-electron chi connectivity index (χ4n) is 4.13. The SMILES string of the molecule is COC1CCC2CC(c3ccc(F)c(F)c3)CCC2C1. The van der Waals surface area contributed by atoms with Gasteiger partial charge in [-0.25, -0.2) is 8.78 Å². The molecule has 0 aliphatic heterocycles. The molecule has 0 amide bonds. The molecule has 0 heterocycles. The van der Waals surface area contributed by atoms with E-state index in [-0.39, 0.29) is 0 Å². The molecule has 2 aliphatic carbocycles. The molecule has 4 atom stereocenters. The minimum absolute atomic E-state index is 0.394. The molecule has 0 radical (unpaired) electrons. The number of benzene rings is 1. The Morgan fingerprint density at radius 1 is 0.950 bits per heavy atom. The van der Waals surface area contributed by atoms with Gasteiger partial charge in [-0.2, -0.15) is 0 Å². The number of fused-ring (bicyclic) bond motifs is 1. The van der Waals surface area contributed by atoms with Crippen molar-refractivity contribution in [1.82, 2.24) is 0 Å². The summed E-state index contributed by atoms with van der Waals surface area (Å²) in [5.74, 6) is 0.421. The molecule has 4 unspecified atom stereocenters. The lowest BCUT2D eigenvalue weighted by molar-refractivity contribution is 0.0123. The number of methoxy groups -OCH3 is 1. The highest BCUT2D eigenvalue weighted by Gasteiger charge is 2.36. The van der Waals surface area contributed by atoms with Crippen LogP contribution in [0.2, 0.25) is 0 Å². The molecule has 1 aromatic rings. The lowest BCUT2D eigenvalue weighted by atomic mass is 9.65. The van der Waals surface area contributed by atoms with Gasteiger partial charge in [0.1, 0.15) is 0 Å². The van der Waals surface area contributed by atoms with E-state index in [9.17, 15) is 8.78 Å². The average molecular weight is 280 g/mol. The summed E-state index contributed by atoms with van der Waals surface area (Å²) >= 11 is 0. The van der Waals surface area contributed by atoms with Crippen molar-refractivity contribution in [2.75, 3.05) is 7.11 Å². The smallest absolute Gasteiger partial charge is 0.159 e. The summed E-state index contributed by atoms with van der Waals surface area (Å²) in [5, 5.41) is 0. The van der Waals surface area contributed by atoms with Crippen molar-refractivity contribution >= 4 is 0 Å². The van der Waals surface area contributed by atoms with Gasteiger partial charge >= 0.3 is 0 Å². The monoisotopic (exact) mass is 280 g/mol. The first kappa shape index (κ1) is 14.0. The van der Waals surface area contributed by atoms with E-state index in [1.54, 1.807) is 13.2 Å². The lowest BCUT2D eigenvalue weighted by Crippen LogP contribution is -2.33. The quantitative estimate of drug-likeness (QED) is 0.765. The van der Waals surface area contributed by atoms with Gasteiger partial charge in [-0.05, 0) is 74.0 Å². The van der Waals surface area contributed by atoms with E-state index < -0.39 is 11.6 Å². The van der Waals surface area contributed by atoms with Gasteiger partial charge in [-0.3, -0.25) is 0 Å². The summed E-state index contributed by atoms with van der Waals surface area (Å²) in [6, 6.07) is 4.41. The van der Waals surface area contributed by atoms with Gasteiger partial charge in [0.25, 0.3) is 0 Å². The van der Waals surface area contributed by atoms with E-state index in [4.69, 9.17) is 4.74 Å². The van der Waals surface area contributed by atoms with Crippen LogP contribution in [0.4, 0.5) is 8.78 Å². The topological polar surface area (TPSA) is 9.23 Å². The maximum Gasteiger partial charge on any atom is 0.159 e. The average Bonchev–Trinajstić information content (AvgIpc) is 2.49. The van der Waals surface area contributed by atoms with Crippen LogP contribution in [-0.4, -0.2) is 13.2 Å². The summed E-state index contributed by atoms with van der Waals surface area (Å²) < 4.78 is 31.9. The first-order valence-electron chi connectivity index (χ1n) is 7.65. The van der Waals surface area contributed by atoms with Crippen LogP contribution < -0.4 is 0 Å². The zero-order chi connectivity index (χ0) is 14.1. The maximum atomic E-state index is 13.4. The summed E-state index contributed by atoms with van der Waals surface area (Å²) in [6.07, 6.45) is 7.34. The van der Waals surface area contributed by atoms with E-state index in [2.05, 4.69) is 0 Å². The van der Waals surface area contributed by atoms with Crippen LogP contribution in [0.15, 0.2) is 18.2 Å². The van der Waals surface area contributed by atoms with Crippen molar-refractivity contribution in [1.29, 1.82) is 0 Å². The molecule has 110 valence electrons. The summed E-state index contributed by atoms with van der Waals surface area (Å²) in [5.41, 5.74) is 0.969. The number of halogens is 2. The third-order valence-electron chi connectivity index (χ3n) is 5.31. The Kier molecular flexibility index (Phi) is 4.06. The van der Waals surface area contributed by atoms with Crippen LogP contribution in [0, 0.1) is 23.5 Å². The Hall–Kier alpha value is -0.960. The van der Waals surface area contributed by atoms with Crippen LogP contribution in [0.25, 0.3) is 0 Å². The molecule has 2 saturated carbocycles. The highest BCUT2D eigenvalue weighted by molar-refractivity contribution is 5.22. The van der Waals surface area contributed by atoms with Gasteiger partial charge in [-0.1, -0.05) is 6.07 Å². The minimum atomic E-state index is -0.747. The van der Waals surface area contributed by atoms with Crippen molar-refractivity contribution in [3.8, 4) is 0 Å². The summed E-state index contributed by atoms with van der Waals surface area (Å²) in [7, 11) is 1.80. The zero-order valence-electron chi connectivity index (χ0n) is 11.9. The Labute approximate surface area is 119 Å². The molecule has 3 rings (SSSR count). The number of ether oxygens (including phenoxy) is 1. The molecule has 20 heavy (non-hydrogen) atoms. The van der Waals surface area contributed by atoms with E-state index in [0.29, 0.717) is 12.0 Å². The normalized spacial score (nSPS) is 33.8. The van der Waals surface area contributed by atoms with Gasteiger partial charge in [0.2, 0.25) is 0 Å². The van der Waals surface area contributed by atoms with Gasteiger partial charge in [0.05, 0.1) is 6.10 Å². The van der Waals surface area contributed by atoms with Gasteiger partial charge in [0, 0.05) is 7.11 Å². The molecule has 0 N–H and O–H groups in total. The molecular formula is C17H22F2O. The number of hydrogen-bond donors (Lipinski definition) is 0. The van der Waals surface area contributed by atoms with Crippen molar-refractivity contribution in [2.45, 2.75) is 50.5 Å². The van der Waals surface area contributed by atoms with E-state index >= 15 is 0 Å². The highest BCUT2D eigenvalue weighted by atomic mass is 19.2. The molecule has 0 spiro atoms. The Morgan fingerprint density at radius 2 is 1.70 bits per heavy atom. The second-order valence-corrected chi connectivity index (χ2v) is 6.37. The molecule has 0 bridgehead atoms. The zero-order valence-corrected chi connectivity index (χ0v) is 11.9. The molecule has 0 saturated heterocycles. The molecule has 2 aliphatic rings. The van der Waals surface area contributed by atoms with E-state index in [0.717, 1.165) is 36.7 Å². The molecule has 0 aromatic heterocycles. The van der Waals surface area contributed by atoms with Gasteiger partial charge in [0.15, 0.2) is 11.6 Å². The van der Waals surface area contributed by atoms with Gasteiger partial charge in [-0.15, -0.1) is 0 Å². The van der Waals surface area contributed by atoms with Crippen LogP contribution in [0.5, 0.6) is 0 Å². The Morgan fingerprint density at radius 3 is 2.45 bits per heavy atom. The molecular weight excluding hydrogens is 258 g/mol. The van der Waals surface area contributed by atoms with Crippen LogP contribution in [0.1, 0.15) is 50.0 Å². The second kappa shape index (κ2) is 5.80. The Balaban J connectivity index is 1.68. The molecule has 1 aromatic carbocycles. The molecule has 3 heteroatoms. The second-order valence-electron chi connectivity index (χ2n) is 6.37. The lowest BCUT2D eigenvalue weighted by Gasteiger charge is -2.42. The molecule has 1 nitrogen and oxygen atoms in total. The first-order chi connectivity index (χ1) is 9.67. The number of hydrogen-bond acceptors (Lipinski definition) is 1. The Bertz CT molecular complexity index is 474. The third-order valence-corrected chi connectivity index (χ3v) is 5.31. The maximum absolute atomic E-state index is 13.4. The predicted octanol–water partition coefficient (Wildman–Crippen LogP) is 4.66. The highest BCUT2D eigenvalue weighted by Crippen LogP contribution is 2.46. The summed E-state index contributed by atoms with van der Waals surface area (Å²) in [6.45, 7) is 0. The molecule has 2 fully saturated rings. The van der Waals surface area contributed by atoms with Crippen molar-refractivity contribution in [3.63, 3.8) is 0 Å². The van der Waals surface area contributed by atoms with Crippen LogP contribution in [-0.2, 0) is 4.74 Å². The fraction of sp³-hybridized carbons (Fsp3) is 0.647. The van der Waals surface area contributed by atoms with Crippen molar-refractivity contribution in [2.24, 2.45) is 11.8 Å². The standard InChI is InChI=1S/C17H22F2O/c1-20-15-6-4-12-8-11(2-3-13(12)9-15)14-5-7-16(18)17(19)10-14/h5,7,10-13,15H,2-4,6,8-9H2,1H3. The predicted molar refractivity (Wildman–Crippen MR) is 74.6 cm³/mol. The largest absolute Gasteiger partial charge is 0.381 e. The van der Waals surface area contributed by atoms with Crippen LogP contribution >= 0.6 is 0 Å². The van der Waals surface area contributed by atoms with Crippen molar-refractivity contribution in [3.05, 3.63) is 35.4 Å². The number of rotatable bonds is 2. The van der Waals surface area contributed by atoms with Gasteiger partial charge < -0.3 is 4.74 Å². The van der Waals surface area contributed by atoms with E-state index in [1.807, 2.05) is 0 Å². The third kappa shape index (κ3) is 2.73. The van der Waals surface area contributed by atoms with Crippen molar-refractivity contribution < 1.29 is 13.5 Å². The first-order valence-corrected chi connectivity index (χ1v) is 7.65. The van der Waals surface area contributed by atoms with Crippen LogP contribution in [0.3, 0.4) is 0 Å². The minimum Gasteiger partial charge on any atom is -0.381 e. The van der Waals surface area contributed by atoms with E-state index in [1.165, 1.54) is 31.4 Å². The fourth-order valence-corrected chi connectivity index (χ4v) is 4.13. The summed E-state index contributed by atoms with van der Waals surface area (Å²) in [4.78, 5) is 0.